The van der Waals surface area contributed by atoms with Crippen LogP contribution in [0.5, 0.6) is 0 Å². The maximum atomic E-state index is 12.6. The number of ether oxygens (including phenoxy) is 1. The topological polar surface area (TPSA) is 117 Å². The Labute approximate surface area is 165 Å². The van der Waals surface area contributed by atoms with Crippen LogP contribution in [0.3, 0.4) is 0 Å². The normalized spacial score (nSPS) is 15.8. The smallest absolute Gasteiger partial charge is 0.338 e. The Hall–Kier alpha value is -2.44. The molecule has 0 heterocycles. The highest BCUT2D eigenvalue weighted by Crippen LogP contribution is 2.28. The first-order valence-electron chi connectivity index (χ1n) is 9.27. The van der Waals surface area contributed by atoms with Crippen molar-refractivity contribution in [1.29, 1.82) is 5.26 Å². The summed E-state index contributed by atoms with van der Waals surface area (Å²) in [5.74, 6) is -1.35. The highest BCUT2D eigenvalue weighted by atomic mass is 32.2. The fourth-order valence-corrected chi connectivity index (χ4v) is 4.76. The van der Waals surface area contributed by atoms with E-state index in [2.05, 4.69) is 11.4 Å². The van der Waals surface area contributed by atoms with Crippen molar-refractivity contribution in [2.75, 3.05) is 19.7 Å². The van der Waals surface area contributed by atoms with E-state index in [1.165, 1.54) is 28.6 Å². The Bertz CT molecular complexity index is 866. The minimum absolute atomic E-state index is 0.00973. The van der Waals surface area contributed by atoms with E-state index in [4.69, 9.17) is 4.74 Å². The van der Waals surface area contributed by atoms with Crippen molar-refractivity contribution in [3.8, 4) is 6.07 Å². The minimum atomic E-state index is -3.71. The summed E-state index contributed by atoms with van der Waals surface area (Å²) in [6.07, 6.45) is 2.88. The largest absolute Gasteiger partial charge is 0.452 e. The average Bonchev–Trinajstić information content (AvgIpc) is 3.16. The van der Waals surface area contributed by atoms with E-state index in [-0.39, 0.29) is 10.5 Å². The van der Waals surface area contributed by atoms with E-state index in [0.717, 1.165) is 12.8 Å². The zero-order chi connectivity index (χ0) is 20.8. The molecule has 28 heavy (non-hydrogen) atoms. The summed E-state index contributed by atoms with van der Waals surface area (Å²) in [6.45, 7) is 3.56. The van der Waals surface area contributed by atoms with Crippen molar-refractivity contribution >= 4 is 21.9 Å². The molecule has 0 saturated heterocycles. The Morgan fingerprint density at radius 1 is 1.25 bits per heavy atom. The van der Waals surface area contributed by atoms with Crippen molar-refractivity contribution < 1.29 is 22.7 Å². The summed E-state index contributed by atoms with van der Waals surface area (Å²) in [7, 11) is -3.71. The lowest BCUT2D eigenvalue weighted by Gasteiger charge is -2.21. The van der Waals surface area contributed by atoms with Gasteiger partial charge in [0.15, 0.2) is 6.61 Å². The minimum Gasteiger partial charge on any atom is -0.452 e. The number of benzene rings is 1. The molecule has 1 aliphatic rings. The average molecular weight is 407 g/mol. The van der Waals surface area contributed by atoms with E-state index < -0.39 is 34.0 Å². The summed E-state index contributed by atoms with van der Waals surface area (Å²) >= 11 is 0. The highest BCUT2D eigenvalue weighted by molar-refractivity contribution is 7.89. The molecule has 0 aromatic heterocycles. The van der Waals surface area contributed by atoms with Crippen molar-refractivity contribution in [2.24, 2.45) is 0 Å². The molecule has 1 saturated carbocycles. The van der Waals surface area contributed by atoms with Gasteiger partial charge in [-0.1, -0.05) is 19.9 Å². The first-order valence-corrected chi connectivity index (χ1v) is 10.7. The number of carbonyl (C=O) groups is 2. The van der Waals surface area contributed by atoms with Gasteiger partial charge in [0.1, 0.15) is 5.54 Å². The molecule has 8 nitrogen and oxygen atoms in total. The molecule has 9 heteroatoms. The number of amides is 1. The number of nitriles is 1. The van der Waals surface area contributed by atoms with E-state index in [1.807, 2.05) is 0 Å². The van der Waals surface area contributed by atoms with Crippen molar-refractivity contribution in [1.82, 2.24) is 9.62 Å². The van der Waals surface area contributed by atoms with Gasteiger partial charge in [0.2, 0.25) is 10.0 Å². The molecule has 0 atom stereocenters. The van der Waals surface area contributed by atoms with Gasteiger partial charge in [-0.15, -0.1) is 0 Å². The summed E-state index contributed by atoms with van der Waals surface area (Å²) in [5.41, 5.74) is -0.849. The number of carbonyl (C=O) groups excluding carboxylic acids is 2. The second-order valence-corrected chi connectivity index (χ2v) is 8.58. The van der Waals surface area contributed by atoms with Gasteiger partial charge in [-0.05, 0) is 43.9 Å². The third-order valence-electron chi connectivity index (χ3n) is 4.80. The lowest BCUT2D eigenvalue weighted by Crippen LogP contribution is -2.46. The number of sulfonamides is 1. The van der Waals surface area contributed by atoms with Gasteiger partial charge in [0.25, 0.3) is 5.91 Å². The Morgan fingerprint density at radius 3 is 2.46 bits per heavy atom. The van der Waals surface area contributed by atoms with Crippen LogP contribution in [0.1, 0.15) is 49.9 Å². The van der Waals surface area contributed by atoms with Crippen LogP contribution < -0.4 is 5.32 Å². The highest BCUT2D eigenvalue weighted by Gasteiger charge is 2.35. The van der Waals surface area contributed by atoms with Crippen LogP contribution in [0, 0.1) is 11.3 Å². The summed E-state index contributed by atoms with van der Waals surface area (Å²) in [5, 5.41) is 11.9. The second kappa shape index (κ2) is 9.17. The number of esters is 1. The van der Waals surface area contributed by atoms with Crippen LogP contribution in [-0.2, 0) is 19.6 Å². The Morgan fingerprint density at radius 2 is 1.89 bits per heavy atom. The van der Waals surface area contributed by atoms with Crippen LogP contribution in [0.25, 0.3) is 0 Å². The SMILES string of the molecule is CCN(CC)S(=O)(=O)c1cccc(C(=O)OCC(=O)NC2(C#N)CCCC2)c1. The van der Waals surface area contributed by atoms with Crippen LogP contribution in [0.2, 0.25) is 0 Å². The van der Waals surface area contributed by atoms with E-state index in [0.29, 0.717) is 25.9 Å². The van der Waals surface area contributed by atoms with Gasteiger partial charge < -0.3 is 10.1 Å². The maximum absolute atomic E-state index is 12.6. The van der Waals surface area contributed by atoms with Gasteiger partial charge in [-0.3, -0.25) is 4.79 Å². The molecule has 0 spiro atoms. The molecule has 2 rings (SSSR count). The van der Waals surface area contributed by atoms with Crippen molar-refractivity contribution in [2.45, 2.75) is 50.0 Å². The van der Waals surface area contributed by atoms with Crippen LogP contribution in [-0.4, -0.2) is 49.8 Å². The molecule has 1 N–H and O–H groups in total. The summed E-state index contributed by atoms with van der Waals surface area (Å²) in [4.78, 5) is 24.3. The van der Waals surface area contributed by atoms with Gasteiger partial charge in [0, 0.05) is 13.1 Å². The second-order valence-electron chi connectivity index (χ2n) is 6.64. The predicted molar refractivity (Wildman–Crippen MR) is 102 cm³/mol. The number of hydrogen-bond donors (Lipinski definition) is 1. The molecule has 1 aromatic carbocycles. The molecule has 1 amide bonds. The van der Waals surface area contributed by atoms with Crippen molar-refractivity contribution in [3.63, 3.8) is 0 Å². The zero-order valence-corrected chi connectivity index (χ0v) is 16.9. The third-order valence-corrected chi connectivity index (χ3v) is 6.84. The lowest BCUT2D eigenvalue weighted by atomic mass is 10.00. The number of nitrogens with zero attached hydrogens (tertiary/aromatic N) is 2. The molecule has 0 bridgehead atoms. The predicted octanol–water partition coefficient (Wildman–Crippen LogP) is 1.83. The van der Waals surface area contributed by atoms with Gasteiger partial charge in [-0.2, -0.15) is 9.57 Å². The molecule has 0 aliphatic heterocycles. The molecule has 0 radical (unpaired) electrons. The fraction of sp³-hybridized carbons (Fsp3) is 0.526. The first-order chi connectivity index (χ1) is 13.3. The van der Waals surface area contributed by atoms with E-state index >= 15 is 0 Å². The molecule has 0 unspecified atom stereocenters. The third kappa shape index (κ3) is 4.88. The lowest BCUT2D eigenvalue weighted by molar-refractivity contribution is -0.125. The first kappa shape index (κ1) is 21.9. The molecular weight excluding hydrogens is 382 g/mol. The fourth-order valence-electron chi connectivity index (χ4n) is 3.26. The number of nitrogens with one attached hydrogen (secondary N) is 1. The number of hydrogen-bond acceptors (Lipinski definition) is 6. The molecular formula is C19H25N3O5S. The van der Waals surface area contributed by atoms with Gasteiger partial charge in [-0.25, -0.2) is 13.2 Å². The zero-order valence-electron chi connectivity index (χ0n) is 16.1. The summed E-state index contributed by atoms with van der Waals surface area (Å²) in [6, 6.07) is 7.66. The molecule has 152 valence electrons. The van der Waals surface area contributed by atoms with E-state index in [1.54, 1.807) is 13.8 Å². The maximum Gasteiger partial charge on any atom is 0.338 e. The van der Waals surface area contributed by atoms with Crippen LogP contribution in [0.4, 0.5) is 0 Å². The quantitative estimate of drug-likeness (QED) is 0.657. The standard InChI is InChI=1S/C19H25N3O5S/c1-3-22(4-2)28(25,26)16-9-7-8-15(12-16)18(24)27-13-17(23)21-19(14-20)10-5-6-11-19/h7-9,12H,3-6,10-11,13H2,1-2H3,(H,21,23). The molecule has 1 fully saturated rings. The molecule has 1 aromatic rings. The van der Waals surface area contributed by atoms with Crippen molar-refractivity contribution in [3.05, 3.63) is 29.8 Å². The Kier molecular flexibility index (Phi) is 7.16. The van der Waals surface area contributed by atoms with E-state index in [9.17, 15) is 23.3 Å². The van der Waals surface area contributed by atoms with Crippen LogP contribution >= 0.6 is 0 Å². The monoisotopic (exact) mass is 407 g/mol. The van der Waals surface area contributed by atoms with Gasteiger partial charge >= 0.3 is 5.97 Å². The Balaban J connectivity index is 2.03. The summed E-state index contributed by atoms with van der Waals surface area (Å²) < 4.78 is 31.4. The van der Waals surface area contributed by atoms with Gasteiger partial charge in [0.05, 0.1) is 16.5 Å². The molecule has 1 aliphatic carbocycles. The number of rotatable bonds is 8. The van der Waals surface area contributed by atoms with Crippen LogP contribution in [0.15, 0.2) is 29.2 Å².